The van der Waals surface area contributed by atoms with Crippen LogP contribution in [0.25, 0.3) is 11.1 Å². The van der Waals surface area contributed by atoms with Crippen molar-refractivity contribution in [2.75, 3.05) is 0 Å². The monoisotopic (exact) mass is 998 g/mol. The van der Waals surface area contributed by atoms with Crippen molar-refractivity contribution >= 4 is 5.97 Å². The number of hydrogen-bond acceptors (Lipinski definition) is 7. The molecule has 0 atom stereocenters. The Morgan fingerprint density at radius 1 is 0.333 bits per heavy atom. The van der Waals surface area contributed by atoms with Gasteiger partial charge in [-0.25, -0.2) is 9.13 Å². The standard InChI is InChI=1S/C65H61N2O8/c68-65(69)24-14-5-15-29-66-30-25-57(26-31-66)58-27-32-67(33-28-58)43-54-34-59(74-48-55-36-61(70-44-50-16-6-1-7-17-50)41-62(37-55)71-45-51-18-8-2-9-19-51)40-60(35-54)75-49-56-38-63(72-46-52-20-10-3-11-21-52)42-64(39-56)73-47-53-22-12-4-13-23-53/h1-4,6-13,16-23,25-28,30-42H,5,14-15,24,29,43-49H2/q+1/p+1. The van der Waals surface area contributed by atoms with Crippen LogP contribution in [-0.4, -0.2) is 11.1 Å². The molecule has 0 amide bonds. The molecule has 0 aliphatic carbocycles. The minimum absolute atomic E-state index is 0.217. The van der Waals surface area contributed by atoms with Gasteiger partial charge in [-0.05, 0) is 93.7 Å². The zero-order valence-electron chi connectivity index (χ0n) is 42.0. The highest BCUT2D eigenvalue weighted by atomic mass is 16.5. The number of nitrogens with zero attached hydrogens (tertiary/aromatic N) is 2. The number of aryl methyl sites for hydroxylation is 1. The molecule has 0 unspecified atom stereocenters. The van der Waals surface area contributed by atoms with Crippen molar-refractivity contribution in [2.45, 2.75) is 78.4 Å². The third-order valence-electron chi connectivity index (χ3n) is 12.4. The molecule has 0 radical (unpaired) electrons. The molecule has 2 heterocycles. The summed E-state index contributed by atoms with van der Waals surface area (Å²) in [5.41, 5.74) is 9.25. The van der Waals surface area contributed by atoms with E-state index in [1.807, 2.05) is 164 Å². The van der Waals surface area contributed by atoms with Crippen LogP contribution in [-0.2, 0) is 57.5 Å². The number of carboxylic acids is 1. The van der Waals surface area contributed by atoms with Crippen LogP contribution in [0.1, 0.15) is 64.6 Å². The molecule has 0 aliphatic rings. The molecule has 1 N–H and O–H groups in total. The average Bonchev–Trinajstić information content (AvgIpc) is 3.45. The number of hydrogen-bond donors (Lipinski definition) is 1. The van der Waals surface area contributed by atoms with Crippen LogP contribution in [0.4, 0.5) is 0 Å². The summed E-state index contributed by atoms with van der Waals surface area (Å²) in [6, 6.07) is 66.8. The molecular formula is C65H62N2O8+2. The Balaban J connectivity index is 0.943. The Bertz CT molecular complexity index is 2890. The summed E-state index contributed by atoms with van der Waals surface area (Å²) < 4.78 is 42.9. The summed E-state index contributed by atoms with van der Waals surface area (Å²) in [4.78, 5) is 10.9. The Morgan fingerprint density at radius 3 is 0.973 bits per heavy atom. The number of unbranched alkanes of at least 4 members (excludes halogenated alkanes) is 2. The molecule has 0 spiro atoms. The van der Waals surface area contributed by atoms with Crippen molar-refractivity contribution in [3.8, 4) is 45.6 Å². The minimum Gasteiger partial charge on any atom is -0.489 e. The maximum atomic E-state index is 10.9. The minimum atomic E-state index is -0.740. The molecule has 75 heavy (non-hydrogen) atoms. The molecule has 2 aromatic heterocycles. The number of benzene rings is 7. The van der Waals surface area contributed by atoms with Gasteiger partial charge in [-0.2, -0.15) is 0 Å². The molecule has 0 fully saturated rings. The first kappa shape index (κ1) is 51.0. The van der Waals surface area contributed by atoms with Gasteiger partial charge in [0.05, 0.1) is 0 Å². The summed E-state index contributed by atoms with van der Waals surface area (Å²) in [5, 5.41) is 8.94. The maximum Gasteiger partial charge on any atom is 0.303 e. The molecule has 10 heteroatoms. The Hall–Kier alpha value is -8.89. The second-order valence-corrected chi connectivity index (χ2v) is 18.4. The number of rotatable bonds is 27. The van der Waals surface area contributed by atoms with Crippen molar-refractivity contribution in [2.24, 2.45) is 0 Å². The first-order chi connectivity index (χ1) is 36.9. The SMILES string of the molecule is O=C(O)CCCCC[n+]1ccc(-c2cc[n+](Cc3cc(OCc4cc(OCc5ccccc5)cc(OCc5ccccc5)c4)cc(OCc4cc(OCc5ccccc5)cc(OCc5ccccc5)c4)c3)cc2)cc1. The van der Waals surface area contributed by atoms with Crippen LogP contribution >= 0.6 is 0 Å². The van der Waals surface area contributed by atoms with E-state index in [2.05, 4.69) is 70.3 Å². The largest absolute Gasteiger partial charge is 0.489 e. The predicted molar refractivity (Wildman–Crippen MR) is 289 cm³/mol. The second-order valence-electron chi connectivity index (χ2n) is 18.4. The van der Waals surface area contributed by atoms with Gasteiger partial charge in [0, 0.05) is 60.9 Å². The lowest BCUT2D eigenvalue weighted by atomic mass is 10.1. The topological polar surface area (TPSA) is 100 Å². The van der Waals surface area contributed by atoms with E-state index in [4.69, 9.17) is 33.5 Å². The summed E-state index contributed by atoms with van der Waals surface area (Å²) in [6.45, 7) is 3.57. The zero-order valence-corrected chi connectivity index (χ0v) is 42.0. The number of aromatic nitrogens is 2. The molecule has 0 bridgehead atoms. The molecule has 0 saturated carbocycles. The third kappa shape index (κ3) is 16.6. The van der Waals surface area contributed by atoms with E-state index >= 15 is 0 Å². The van der Waals surface area contributed by atoms with Gasteiger partial charge in [0.25, 0.3) is 0 Å². The van der Waals surface area contributed by atoms with E-state index in [0.717, 1.165) is 69.5 Å². The van der Waals surface area contributed by atoms with Crippen LogP contribution in [0.2, 0.25) is 0 Å². The normalized spacial score (nSPS) is 10.9. The Kier molecular flexibility index (Phi) is 18.2. The Morgan fingerprint density at radius 2 is 0.640 bits per heavy atom. The van der Waals surface area contributed by atoms with Crippen LogP contribution in [0, 0.1) is 0 Å². The highest BCUT2D eigenvalue weighted by molar-refractivity contribution is 5.66. The lowest BCUT2D eigenvalue weighted by Gasteiger charge is -2.15. The molecule has 9 rings (SSSR count). The van der Waals surface area contributed by atoms with Crippen LogP contribution in [0.5, 0.6) is 34.5 Å². The van der Waals surface area contributed by atoms with Gasteiger partial charge in [-0.1, -0.05) is 121 Å². The molecule has 0 aliphatic heterocycles. The predicted octanol–water partition coefficient (Wildman–Crippen LogP) is 13.1. The number of aliphatic carboxylic acids is 1. The molecule has 10 nitrogen and oxygen atoms in total. The fourth-order valence-corrected chi connectivity index (χ4v) is 8.46. The van der Waals surface area contributed by atoms with Gasteiger partial charge in [0.1, 0.15) is 80.7 Å². The fraction of sp³-hybridized carbons (Fsp3) is 0.185. The molecule has 7 aromatic carbocycles. The van der Waals surface area contributed by atoms with Crippen LogP contribution < -0.4 is 37.6 Å². The van der Waals surface area contributed by atoms with E-state index in [9.17, 15) is 4.79 Å². The number of pyridine rings is 2. The summed E-state index contributed by atoms with van der Waals surface area (Å²) in [6.07, 6.45) is 11.1. The zero-order chi connectivity index (χ0) is 51.3. The molecule has 378 valence electrons. The summed E-state index contributed by atoms with van der Waals surface area (Å²) >= 11 is 0. The van der Waals surface area contributed by atoms with Gasteiger partial charge in [-0.15, -0.1) is 0 Å². The van der Waals surface area contributed by atoms with Gasteiger partial charge < -0.3 is 33.5 Å². The number of ether oxygens (including phenoxy) is 6. The third-order valence-corrected chi connectivity index (χ3v) is 12.4. The molecular weight excluding hydrogens is 937 g/mol. The molecule has 9 aromatic rings. The highest BCUT2D eigenvalue weighted by Gasteiger charge is 2.14. The lowest BCUT2D eigenvalue weighted by molar-refractivity contribution is -0.697. The van der Waals surface area contributed by atoms with E-state index in [1.54, 1.807) is 0 Å². The summed E-state index contributed by atoms with van der Waals surface area (Å²) in [7, 11) is 0. The van der Waals surface area contributed by atoms with Crippen molar-refractivity contribution < 1.29 is 47.5 Å². The van der Waals surface area contributed by atoms with Crippen molar-refractivity contribution in [3.63, 3.8) is 0 Å². The van der Waals surface area contributed by atoms with Gasteiger partial charge in [-0.3, -0.25) is 4.79 Å². The van der Waals surface area contributed by atoms with Gasteiger partial charge in [0.2, 0.25) is 0 Å². The highest BCUT2D eigenvalue weighted by Crippen LogP contribution is 2.30. The van der Waals surface area contributed by atoms with Crippen molar-refractivity contribution in [1.29, 1.82) is 0 Å². The van der Waals surface area contributed by atoms with Gasteiger partial charge in [0.15, 0.2) is 31.3 Å². The smallest absolute Gasteiger partial charge is 0.303 e. The lowest BCUT2D eigenvalue weighted by Crippen LogP contribution is -2.33. The van der Waals surface area contributed by atoms with E-state index in [0.29, 0.717) is 73.9 Å². The fourth-order valence-electron chi connectivity index (χ4n) is 8.46. The van der Waals surface area contributed by atoms with Crippen molar-refractivity contribution in [1.82, 2.24) is 0 Å². The van der Waals surface area contributed by atoms with E-state index in [-0.39, 0.29) is 19.6 Å². The number of carbonyl (C=O) groups is 1. The molecule has 0 saturated heterocycles. The first-order valence-corrected chi connectivity index (χ1v) is 25.5. The quantitative estimate of drug-likeness (QED) is 0.0402. The van der Waals surface area contributed by atoms with Gasteiger partial charge >= 0.3 is 5.97 Å². The van der Waals surface area contributed by atoms with E-state index < -0.39 is 5.97 Å². The average molecular weight is 999 g/mol. The first-order valence-electron chi connectivity index (χ1n) is 25.5. The van der Waals surface area contributed by atoms with Crippen molar-refractivity contribution in [3.05, 3.63) is 264 Å². The summed E-state index contributed by atoms with van der Waals surface area (Å²) in [5.74, 6) is 3.28. The van der Waals surface area contributed by atoms with E-state index in [1.165, 1.54) is 0 Å². The van der Waals surface area contributed by atoms with Crippen LogP contribution in [0.3, 0.4) is 0 Å². The second kappa shape index (κ2) is 26.7. The number of carboxylic acid groups (broad SMARTS) is 1. The Labute approximate surface area is 439 Å². The maximum absolute atomic E-state index is 10.9. The van der Waals surface area contributed by atoms with Crippen LogP contribution in [0.15, 0.2) is 225 Å².